The maximum atomic E-state index is 12.4. The first-order valence-corrected chi connectivity index (χ1v) is 7.45. The van der Waals surface area contributed by atoms with Gasteiger partial charge in [-0.05, 0) is 26.5 Å². The molecule has 110 valence electrons. The number of hydrogen-bond donors (Lipinski definition) is 1. The van der Waals surface area contributed by atoms with Gasteiger partial charge in [0.1, 0.15) is 10.9 Å². The number of carbonyl (C=O) groups is 2. The fourth-order valence-electron chi connectivity index (χ4n) is 1.84. The number of aryl methyl sites for hydroxylation is 2. The van der Waals surface area contributed by atoms with E-state index in [0.717, 1.165) is 0 Å². The van der Waals surface area contributed by atoms with E-state index in [0.29, 0.717) is 35.1 Å². The fourth-order valence-corrected chi connectivity index (χ4v) is 2.50. The number of nitrogens with zero attached hydrogens (tertiary/aromatic N) is 3. The number of aromatic nitrogens is 2. The van der Waals surface area contributed by atoms with Gasteiger partial charge in [-0.15, -0.1) is 11.8 Å². The molecule has 0 radical (unpaired) electrons. The normalized spacial score (nSPS) is 10.4. The predicted molar refractivity (Wildman–Crippen MR) is 77.1 cm³/mol. The van der Waals surface area contributed by atoms with Gasteiger partial charge in [0.05, 0.1) is 11.3 Å². The van der Waals surface area contributed by atoms with Crippen LogP contribution in [-0.2, 0) is 4.79 Å². The number of rotatable bonds is 6. The molecule has 0 unspecified atom stereocenters. The first-order chi connectivity index (χ1) is 9.36. The van der Waals surface area contributed by atoms with E-state index in [1.807, 2.05) is 6.26 Å². The lowest BCUT2D eigenvalue weighted by Gasteiger charge is -2.19. The average molecular weight is 297 g/mol. The highest BCUT2D eigenvalue weighted by atomic mass is 32.2. The standard InChI is InChI=1S/C13H19N3O3S/c1-8-11(12(20-4)15-9(2)14-8)13(19)16(3)7-5-6-10(17)18/h5-7H2,1-4H3,(H,17,18). The molecule has 1 heterocycles. The van der Waals surface area contributed by atoms with Crippen LogP contribution >= 0.6 is 11.8 Å². The van der Waals surface area contributed by atoms with Gasteiger partial charge < -0.3 is 10.0 Å². The molecule has 1 aromatic heterocycles. The molecule has 1 N–H and O–H groups in total. The Labute approximate surface area is 122 Å². The minimum absolute atomic E-state index is 0.0520. The van der Waals surface area contributed by atoms with Crippen molar-refractivity contribution >= 4 is 23.6 Å². The van der Waals surface area contributed by atoms with Crippen LogP contribution in [0.15, 0.2) is 5.03 Å². The molecule has 0 aromatic carbocycles. The minimum Gasteiger partial charge on any atom is -0.481 e. The average Bonchev–Trinajstić information content (AvgIpc) is 2.36. The molecule has 20 heavy (non-hydrogen) atoms. The van der Waals surface area contributed by atoms with Gasteiger partial charge in [0, 0.05) is 20.0 Å². The van der Waals surface area contributed by atoms with E-state index in [1.165, 1.54) is 16.7 Å². The van der Waals surface area contributed by atoms with Crippen molar-refractivity contribution in [1.29, 1.82) is 0 Å². The highest BCUT2D eigenvalue weighted by Gasteiger charge is 2.20. The number of carboxylic acids is 1. The number of carboxylic acid groups (broad SMARTS) is 1. The van der Waals surface area contributed by atoms with Crippen LogP contribution in [0.3, 0.4) is 0 Å². The summed E-state index contributed by atoms with van der Waals surface area (Å²) in [5, 5.41) is 9.27. The monoisotopic (exact) mass is 297 g/mol. The summed E-state index contributed by atoms with van der Waals surface area (Å²) in [5.74, 6) is -0.389. The van der Waals surface area contributed by atoms with Crippen LogP contribution in [0.4, 0.5) is 0 Å². The molecule has 1 aromatic rings. The summed E-state index contributed by atoms with van der Waals surface area (Å²) < 4.78 is 0. The lowest BCUT2D eigenvalue weighted by Crippen LogP contribution is -2.29. The van der Waals surface area contributed by atoms with Gasteiger partial charge in [0.25, 0.3) is 5.91 Å². The predicted octanol–water partition coefficient (Wildman–Crippen LogP) is 1.75. The van der Waals surface area contributed by atoms with Gasteiger partial charge in [-0.2, -0.15) is 0 Å². The van der Waals surface area contributed by atoms with E-state index in [2.05, 4.69) is 9.97 Å². The van der Waals surface area contributed by atoms with Crippen molar-refractivity contribution in [1.82, 2.24) is 14.9 Å². The Balaban J connectivity index is 2.88. The topological polar surface area (TPSA) is 83.4 Å². The van der Waals surface area contributed by atoms with E-state index in [9.17, 15) is 9.59 Å². The van der Waals surface area contributed by atoms with E-state index in [1.54, 1.807) is 20.9 Å². The molecule has 0 saturated carbocycles. The van der Waals surface area contributed by atoms with Gasteiger partial charge in [-0.3, -0.25) is 9.59 Å². The second-order valence-electron chi connectivity index (χ2n) is 4.46. The highest BCUT2D eigenvalue weighted by Crippen LogP contribution is 2.21. The maximum absolute atomic E-state index is 12.4. The number of hydrogen-bond acceptors (Lipinski definition) is 5. The summed E-state index contributed by atoms with van der Waals surface area (Å²) in [6.45, 7) is 3.97. The maximum Gasteiger partial charge on any atom is 0.303 e. The van der Waals surface area contributed by atoms with Crippen molar-refractivity contribution in [2.45, 2.75) is 31.7 Å². The van der Waals surface area contributed by atoms with Gasteiger partial charge in [-0.1, -0.05) is 0 Å². The van der Waals surface area contributed by atoms with Crippen molar-refractivity contribution < 1.29 is 14.7 Å². The van der Waals surface area contributed by atoms with Crippen LogP contribution in [0.1, 0.15) is 34.7 Å². The number of aliphatic carboxylic acids is 1. The zero-order valence-electron chi connectivity index (χ0n) is 12.1. The Morgan fingerprint density at radius 1 is 1.30 bits per heavy atom. The Hall–Kier alpha value is -1.63. The number of thioether (sulfide) groups is 1. The molecular weight excluding hydrogens is 278 g/mol. The summed E-state index contributed by atoms with van der Waals surface area (Å²) in [5.41, 5.74) is 1.15. The van der Waals surface area contributed by atoms with Crippen LogP contribution in [0, 0.1) is 13.8 Å². The van der Waals surface area contributed by atoms with Crippen LogP contribution in [0.2, 0.25) is 0 Å². The Morgan fingerprint density at radius 2 is 1.95 bits per heavy atom. The van der Waals surface area contributed by atoms with Gasteiger partial charge >= 0.3 is 5.97 Å². The Bertz CT molecular complexity index is 520. The molecule has 0 saturated heterocycles. The van der Waals surface area contributed by atoms with Crippen LogP contribution in [0.25, 0.3) is 0 Å². The molecule has 0 aliphatic heterocycles. The quantitative estimate of drug-likeness (QED) is 0.636. The molecule has 1 rings (SSSR count). The molecule has 0 fully saturated rings. The van der Waals surface area contributed by atoms with E-state index < -0.39 is 5.97 Å². The summed E-state index contributed by atoms with van der Waals surface area (Å²) in [4.78, 5) is 32.9. The second-order valence-corrected chi connectivity index (χ2v) is 5.26. The van der Waals surface area contributed by atoms with E-state index in [4.69, 9.17) is 5.11 Å². The van der Waals surface area contributed by atoms with Crippen molar-refractivity contribution in [3.8, 4) is 0 Å². The lowest BCUT2D eigenvalue weighted by atomic mass is 10.2. The third-order valence-corrected chi connectivity index (χ3v) is 3.49. The first kappa shape index (κ1) is 16.4. The van der Waals surface area contributed by atoms with Crippen molar-refractivity contribution in [3.05, 3.63) is 17.1 Å². The highest BCUT2D eigenvalue weighted by molar-refractivity contribution is 7.98. The van der Waals surface area contributed by atoms with E-state index >= 15 is 0 Å². The lowest BCUT2D eigenvalue weighted by molar-refractivity contribution is -0.137. The number of amides is 1. The van der Waals surface area contributed by atoms with E-state index in [-0.39, 0.29) is 12.3 Å². The van der Waals surface area contributed by atoms with Gasteiger partial charge in [-0.25, -0.2) is 9.97 Å². The Kier molecular flexibility index (Phi) is 5.94. The molecule has 1 amide bonds. The fraction of sp³-hybridized carbons (Fsp3) is 0.538. The molecule has 0 atom stereocenters. The molecule has 7 heteroatoms. The second kappa shape index (κ2) is 7.23. The van der Waals surface area contributed by atoms with Crippen molar-refractivity contribution in [3.63, 3.8) is 0 Å². The van der Waals surface area contributed by atoms with Crippen molar-refractivity contribution in [2.75, 3.05) is 19.8 Å². The zero-order chi connectivity index (χ0) is 15.3. The Morgan fingerprint density at radius 3 is 2.50 bits per heavy atom. The third-order valence-electron chi connectivity index (χ3n) is 2.81. The van der Waals surface area contributed by atoms with Gasteiger partial charge in [0.15, 0.2) is 0 Å². The summed E-state index contributed by atoms with van der Waals surface area (Å²) >= 11 is 1.41. The minimum atomic E-state index is -0.856. The van der Waals surface area contributed by atoms with Crippen LogP contribution < -0.4 is 0 Å². The summed E-state index contributed by atoms with van der Waals surface area (Å²) in [6, 6.07) is 0. The van der Waals surface area contributed by atoms with Crippen molar-refractivity contribution in [2.24, 2.45) is 0 Å². The zero-order valence-corrected chi connectivity index (χ0v) is 13.0. The summed E-state index contributed by atoms with van der Waals surface area (Å²) in [7, 11) is 1.66. The van der Waals surface area contributed by atoms with Gasteiger partial charge in [0.2, 0.25) is 0 Å². The molecule has 0 spiro atoms. The van der Waals surface area contributed by atoms with Crippen LogP contribution in [0.5, 0.6) is 0 Å². The molecule has 0 aliphatic rings. The molecule has 0 bridgehead atoms. The molecule has 0 aliphatic carbocycles. The largest absolute Gasteiger partial charge is 0.481 e. The number of carbonyl (C=O) groups excluding carboxylic acids is 1. The van der Waals surface area contributed by atoms with Crippen LogP contribution in [-0.4, -0.2) is 51.7 Å². The third kappa shape index (κ3) is 4.19. The first-order valence-electron chi connectivity index (χ1n) is 6.23. The summed E-state index contributed by atoms with van der Waals surface area (Å²) in [6.07, 6.45) is 2.34. The molecular formula is C13H19N3O3S. The smallest absolute Gasteiger partial charge is 0.303 e. The molecule has 6 nitrogen and oxygen atoms in total. The SMILES string of the molecule is CSc1nc(C)nc(C)c1C(=O)N(C)CCCC(=O)O.